The molecule has 1 unspecified atom stereocenters. The molecule has 36 heavy (non-hydrogen) atoms. The lowest BCUT2D eigenvalue weighted by Gasteiger charge is -2.24. The molecule has 1 atom stereocenters. The predicted octanol–water partition coefficient (Wildman–Crippen LogP) is 4.72. The number of hydrogen-bond acceptors (Lipinski definition) is 10. The van der Waals surface area contributed by atoms with Crippen molar-refractivity contribution >= 4 is 45.1 Å². The smallest absolute Gasteiger partial charge is 0.301 e. The third-order valence-electron chi connectivity index (χ3n) is 6.31. The number of anilines is 1. The number of hydrogen-bond donors (Lipinski definition) is 1. The van der Waals surface area contributed by atoms with Crippen LogP contribution in [-0.2, 0) is 13.5 Å². The van der Waals surface area contributed by atoms with Gasteiger partial charge in [-0.15, -0.1) is 0 Å². The Morgan fingerprint density at radius 1 is 0.944 bits per heavy atom. The molecule has 1 heterocycles. The van der Waals surface area contributed by atoms with Gasteiger partial charge in [0, 0.05) is 41.9 Å². The molecule has 2 aromatic carbocycles. The molecule has 3 aromatic rings. The van der Waals surface area contributed by atoms with Gasteiger partial charge in [-0.2, -0.15) is 5.10 Å². The van der Waals surface area contributed by atoms with Crippen molar-refractivity contribution in [1.29, 1.82) is 0 Å². The summed E-state index contributed by atoms with van der Waals surface area (Å²) in [5, 5.41) is 50.2. The molecule has 0 fully saturated rings. The van der Waals surface area contributed by atoms with E-state index in [0.29, 0.717) is 30.4 Å². The van der Waals surface area contributed by atoms with Crippen molar-refractivity contribution in [2.75, 3.05) is 5.43 Å². The maximum atomic E-state index is 11.7. The maximum Gasteiger partial charge on any atom is 0.301 e. The lowest BCUT2D eigenvalue weighted by atomic mass is 9.84. The zero-order valence-electron chi connectivity index (χ0n) is 19.0. The number of nitro groups is 4. The van der Waals surface area contributed by atoms with Gasteiger partial charge in [0.2, 0.25) is 0 Å². The van der Waals surface area contributed by atoms with Crippen molar-refractivity contribution in [2.45, 2.75) is 32.1 Å². The Hall–Kier alpha value is -4.95. The average molecular weight is 497 g/mol. The first-order valence-electron chi connectivity index (χ1n) is 10.7. The van der Waals surface area contributed by atoms with E-state index in [-0.39, 0.29) is 28.5 Å². The fraction of sp³-hybridized carbons (Fsp3) is 0.286. The molecule has 4 rings (SSSR count). The number of rotatable bonds is 7. The normalized spacial score (nSPS) is 15.4. The zero-order valence-corrected chi connectivity index (χ0v) is 19.0. The van der Waals surface area contributed by atoms with Crippen LogP contribution in [0.15, 0.2) is 35.4 Å². The van der Waals surface area contributed by atoms with Crippen molar-refractivity contribution in [3.63, 3.8) is 0 Å². The van der Waals surface area contributed by atoms with E-state index in [1.807, 2.05) is 0 Å². The second-order valence-corrected chi connectivity index (χ2v) is 8.32. The number of benzene rings is 2. The largest absolute Gasteiger partial charge is 0.341 e. The average Bonchev–Trinajstić information content (AvgIpc) is 3.13. The Morgan fingerprint density at radius 2 is 1.58 bits per heavy atom. The van der Waals surface area contributed by atoms with Gasteiger partial charge in [-0.05, 0) is 37.8 Å². The fourth-order valence-corrected chi connectivity index (χ4v) is 4.73. The van der Waals surface area contributed by atoms with Crippen LogP contribution in [-0.4, -0.2) is 30.0 Å². The van der Waals surface area contributed by atoms with E-state index in [9.17, 15) is 40.5 Å². The van der Waals surface area contributed by atoms with Crippen LogP contribution in [0.4, 0.5) is 28.4 Å². The minimum atomic E-state index is -0.755. The van der Waals surface area contributed by atoms with Crippen LogP contribution in [0, 0.1) is 40.5 Å². The van der Waals surface area contributed by atoms with Crippen LogP contribution in [0.1, 0.15) is 36.9 Å². The highest BCUT2D eigenvalue weighted by atomic mass is 16.6. The van der Waals surface area contributed by atoms with E-state index in [4.69, 9.17) is 0 Å². The Labute approximate surface area is 201 Å². The highest BCUT2D eigenvalue weighted by Crippen LogP contribution is 2.43. The Morgan fingerprint density at radius 3 is 2.19 bits per heavy atom. The van der Waals surface area contributed by atoms with Crippen molar-refractivity contribution in [3.8, 4) is 0 Å². The lowest BCUT2D eigenvalue weighted by Crippen LogP contribution is -2.19. The molecule has 15 heteroatoms. The molecule has 0 saturated heterocycles. The number of fused-ring (bicyclic) bond motifs is 3. The van der Waals surface area contributed by atoms with Crippen molar-refractivity contribution < 1.29 is 19.7 Å². The Bertz CT molecular complexity index is 1490. The standard InChI is InChI=1S/C21H19N7O8/c1-11(22-23-17-7-6-12(25(29)30)9-18(17)27(33)34)14-4-3-5-15-16-8-13(26(31)32)10-19(28(35)36)21(16)24(2)20(14)15/h6-10,14,23H,3-5H2,1-2H3/b22-11-. The molecule has 0 aliphatic heterocycles. The van der Waals surface area contributed by atoms with Crippen LogP contribution >= 0.6 is 0 Å². The number of nitro benzene ring substituents is 4. The second kappa shape index (κ2) is 9.01. The number of non-ortho nitro benzene ring substituents is 3. The summed E-state index contributed by atoms with van der Waals surface area (Å²) in [7, 11) is 1.65. The fourth-order valence-electron chi connectivity index (χ4n) is 4.73. The number of hydrazone groups is 1. The first-order chi connectivity index (χ1) is 17.0. The second-order valence-electron chi connectivity index (χ2n) is 8.32. The van der Waals surface area contributed by atoms with Gasteiger partial charge in [-0.25, -0.2) is 0 Å². The summed E-state index contributed by atoms with van der Waals surface area (Å²) in [6.45, 7) is 1.69. The summed E-state index contributed by atoms with van der Waals surface area (Å²) < 4.78 is 1.66. The summed E-state index contributed by atoms with van der Waals surface area (Å²) in [6, 6.07) is 5.43. The summed E-state index contributed by atoms with van der Waals surface area (Å²) in [5.74, 6) is -0.325. The van der Waals surface area contributed by atoms with Crippen LogP contribution in [0.3, 0.4) is 0 Å². The third kappa shape index (κ3) is 4.06. The molecule has 186 valence electrons. The summed E-state index contributed by atoms with van der Waals surface area (Å²) in [4.78, 5) is 42.7. The van der Waals surface area contributed by atoms with Gasteiger partial charge in [0.15, 0.2) is 0 Å². The summed E-state index contributed by atoms with van der Waals surface area (Å²) >= 11 is 0. The highest BCUT2D eigenvalue weighted by molar-refractivity contribution is 5.98. The highest BCUT2D eigenvalue weighted by Gasteiger charge is 2.33. The van der Waals surface area contributed by atoms with Gasteiger partial charge in [0.05, 0.1) is 31.8 Å². The van der Waals surface area contributed by atoms with Gasteiger partial charge in [-0.3, -0.25) is 45.9 Å². The molecule has 1 aliphatic carbocycles. The quantitative estimate of drug-likeness (QED) is 0.272. The topological polar surface area (TPSA) is 202 Å². The predicted molar refractivity (Wildman–Crippen MR) is 128 cm³/mol. The van der Waals surface area contributed by atoms with E-state index in [1.165, 1.54) is 12.1 Å². The van der Waals surface area contributed by atoms with Crippen molar-refractivity contribution in [2.24, 2.45) is 12.1 Å². The van der Waals surface area contributed by atoms with Gasteiger partial charge in [0.1, 0.15) is 11.2 Å². The molecule has 1 aliphatic rings. The number of nitrogens with zero attached hydrogens (tertiary/aromatic N) is 6. The number of aromatic nitrogens is 1. The molecule has 0 amide bonds. The zero-order chi connectivity index (χ0) is 26.3. The molecule has 1 N–H and O–H groups in total. The minimum absolute atomic E-state index is 0.0377. The molecular formula is C21H19N7O8. The van der Waals surface area contributed by atoms with Gasteiger partial charge < -0.3 is 4.57 Å². The summed E-state index contributed by atoms with van der Waals surface area (Å²) in [6.07, 6.45) is 1.89. The van der Waals surface area contributed by atoms with E-state index in [0.717, 1.165) is 29.5 Å². The molecular weight excluding hydrogens is 478 g/mol. The number of nitrogens with one attached hydrogen (secondary N) is 1. The van der Waals surface area contributed by atoms with Gasteiger partial charge in [-0.1, -0.05) is 0 Å². The lowest BCUT2D eigenvalue weighted by molar-refractivity contribution is -0.393. The van der Waals surface area contributed by atoms with Crippen molar-refractivity contribution in [3.05, 3.63) is 82.0 Å². The summed E-state index contributed by atoms with van der Waals surface area (Å²) in [5.41, 5.74) is 3.15. The third-order valence-corrected chi connectivity index (χ3v) is 6.31. The molecule has 0 spiro atoms. The SMILES string of the molecule is C/C(=N/Nc1ccc([N+](=O)[O-])cc1[N+](=O)[O-])C1CCCc2c1n(C)c1c([N+](=O)[O-])cc([N+](=O)[O-])cc21. The Kier molecular flexibility index (Phi) is 6.05. The van der Waals surface area contributed by atoms with Crippen molar-refractivity contribution in [1.82, 2.24) is 4.57 Å². The first-order valence-corrected chi connectivity index (χ1v) is 10.7. The first kappa shape index (κ1) is 24.2. The molecule has 1 aromatic heterocycles. The molecule has 0 bridgehead atoms. The Balaban J connectivity index is 1.79. The van der Waals surface area contributed by atoms with Crippen LogP contribution in [0.25, 0.3) is 10.9 Å². The van der Waals surface area contributed by atoms with Gasteiger partial charge in [0.25, 0.3) is 17.1 Å². The van der Waals surface area contributed by atoms with Gasteiger partial charge >= 0.3 is 5.69 Å². The monoisotopic (exact) mass is 497 g/mol. The van der Waals surface area contributed by atoms with E-state index >= 15 is 0 Å². The minimum Gasteiger partial charge on any atom is -0.341 e. The van der Waals surface area contributed by atoms with E-state index < -0.39 is 31.1 Å². The van der Waals surface area contributed by atoms with Crippen LogP contribution in [0.5, 0.6) is 0 Å². The van der Waals surface area contributed by atoms with E-state index in [2.05, 4.69) is 10.5 Å². The van der Waals surface area contributed by atoms with E-state index in [1.54, 1.807) is 18.5 Å². The van der Waals surface area contributed by atoms with Crippen LogP contribution in [0.2, 0.25) is 0 Å². The molecule has 15 nitrogen and oxygen atoms in total. The molecule has 0 saturated carbocycles. The van der Waals surface area contributed by atoms with Crippen LogP contribution < -0.4 is 5.43 Å². The maximum absolute atomic E-state index is 11.7. The number of aryl methyl sites for hydroxylation is 2. The molecule has 0 radical (unpaired) electrons.